The molecule has 0 bridgehead atoms. The van der Waals surface area contributed by atoms with Crippen LogP contribution in [0.15, 0.2) is 29.3 Å². The van der Waals surface area contributed by atoms with Gasteiger partial charge in [-0.1, -0.05) is 12.1 Å². The van der Waals surface area contributed by atoms with Gasteiger partial charge in [-0.2, -0.15) is 11.8 Å². The first-order chi connectivity index (χ1) is 12.4. The highest BCUT2D eigenvalue weighted by Gasteiger charge is 2.31. The van der Waals surface area contributed by atoms with Gasteiger partial charge in [0.05, 0.1) is 12.1 Å². The lowest BCUT2D eigenvalue weighted by Crippen LogP contribution is -2.40. The van der Waals surface area contributed by atoms with Crippen LogP contribution in [-0.4, -0.2) is 72.7 Å². The Balaban J connectivity index is 0.00000364. The molecule has 1 fully saturated rings. The van der Waals surface area contributed by atoms with Crippen molar-refractivity contribution in [1.29, 1.82) is 0 Å². The molecule has 1 saturated heterocycles. The molecular formula is C19H31IN4O2S. The molecule has 27 heavy (non-hydrogen) atoms. The van der Waals surface area contributed by atoms with Crippen LogP contribution in [0.5, 0.6) is 0 Å². The van der Waals surface area contributed by atoms with Crippen LogP contribution in [0.2, 0.25) is 0 Å². The van der Waals surface area contributed by atoms with Gasteiger partial charge in [0.1, 0.15) is 0 Å². The highest BCUT2D eigenvalue weighted by molar-refractivity contribution is 14.0. The van der Waals surface area contributed by atoms with Crippen molar-refractivity contribution in [3.63, 3.8) is 0 Å². The third-order valence-corrected chi connectivity index (χ3v) is 5.48. The average molecular weight is 506 g/mol. The Morgan fingerprint density at radius 3 is 2.78 bits per heavy atom. The van der Waals surface area contributed by atoms with Gasteiger partial charge in [0.15, 0.2) is 5.96 Å². The number of amides is 1. The Kier molecular flexibility index (Phi) is 10.5. The number of guanidine groups is 1. The van der Waals surface area contributed by atoms with Crippen LogP contribution in [0.1, 0.15) is 29.3 Å². The van der Waals surface area contributed by atoms with Crippen LogP contribution in [0.25, 0.3) is 0 Å². The fourth-order valence-corrected chi connectivity index (χ4v) is 4.02. The lowest BCUT2D eigenvalue weighted by molar-refractivity contribution is 0.0778. The maximum Gasteiger partial charge on any atom is 0.253 e. The van der Waals surface area contributed by atoms with Gasteiger partial charge >= 0.3 is 0 Å². The molecule has 1 aromatic rings. The molecular weight excluding hydrogens is 475 g/mol. The molecule has 3 N–H and O–H groups in total. The minimum Gasteiger partial charge on any atom is -0.387 e. The minimum atomic E-state index is -0.673. The van der Waals surface area contributed by atoms with Crippen molar-refractivity contribution in [2.75, 3.05) is 45.2 Å². The molecule has 1 amide bonds. The second kappa shape index (κ2) is 11.8. The third kappa shape index (κ3) is 7.87. The number of aliphatic hydroxyl groups is 1. The average Bonchev–Trinajstić information content (AvgIpc) is 3.06. The molecule has 152 valence electrons. The van der Waals surface area contributed by atoms with Crippen LogP contribution in [0.4, 0.5) is 0 Å². The van der Waals surface area contributed by atoms with E-state index in [1.807, 2.05) is 31.2 Å². The van der Waals surface area contributed by atoms with E-state index in [9.17, 15) is 9.90 Å². The van der Waals surface area contributed by atoms with Crippen LogP contribution in [0, 0.1) is 0 Å². The molecule has 0 aliphatic carbocycles. The summed E-state index contributed by atoms with van der Waals surface area (Å²) in [6, 6.07) is 7.72. The SMILES string of the molecule is CCNC(=NCC1(O)CCSC1)NCCc1cccc(C(=O)N(C)C)c1.I. The first-order valence-electron chi connectivity index (χ1n) is 9.06. The fraction of sp³-hybridized carbons (Fsp3) is 0.579. The number of hydrogen-bond acceptors (Lipinski definition) is 4. The summed E-state index contributed by atoms with van der Waals surface area (Å²) in [7, 11) is 3.51. The Morgan fingerprint density at radius 1 is 1.37 bits per heavy atom. The number of benzene rings is 1. The summed E-state index contributed by atoms with van der Waals surface area (Å²) < 4.78 is 0. The standard InChI is InChI=1S/C19H30N4O2S.HI/c1-4-20-18(22-13-19(25)9-11-26-14-19)21-10-8-15-6-5-7-16(12-15)17(24)23(2)3;/h5-7,12,25H,4,8-11,13-14H2,1-3H3,(H2,20,21,22);1H. The van der Waals surface area contributed by atoms with Crippen LogP contribution in [-0.2, 0) is 6.42 Å². The lowest BCUT2D eigenvalue weighted by Gasteiger charge is -2.19. The van der Waals surface area contributed by atoms with Gasteiger partial charge < -0.3 is 20.6 Å². The first-order valence-corrected chi connectivity index (χ1v) is 10.2. The van der Waals surface area contributed by atoms with E-state index < -0.39 is 5.60 Å². The summed E-state index contributed by atoms with van der Waals surface area (Å²) >= 11 is 1.78. The second-order valence-electron chi connectivity index (χ2n) is 6.80. The maximum absolute atomic E-state index is 12.1. The Hall–Kier alpha value is -1.00. The molecule has 1 aliphatic rings. The van der Waals surface area contributed by atoms with Crippen LogP contribution in [0.3, 0.4) is 0 Å². The predicted molar refractivity (Wildman–Crippen MR) is 124 cm³/mol. The number of halogens is 1. The van der Waals surface area contributed by atoms with E-state index in [1.165, 1.54) is 0 Å². The van der Waals surface area contributed by atoms with Gasteiger partial charge in [0.2, 0.25) is 0 Å². The van der Waals surface area contributed by atoms with Gasteiger partial charge in [-0.05, 0) is 43.2 Å². The monoisotopic (exact) mass is 506 g/mol. The predicted octanol–water partition coefficient (Wildman–Crippen LogP) is 1.97. The van der Waals surface area contributed by atoms with E-state index in [4.69, 9.17) is 0 Å². The van der Waals surface area contributed by atoms with Crippen molar-refractivity contribution in [3.05, 3.63) is 35.4 Å². The number of carbonyl (C=O) groups is 1. The Bertz CT molecular complexity index is 634. The number of thioether (sulfide) groups is 1. The smallest absolute Gasteiger partial charge is 0.253 e. The second-order valence-corrected chi connectivity index (χ2v) is 7.90. The number of carbonyl (C=O) groups excluding carboxylic acids is 1. The summed E-state index contributed by atoms with van der Waals surface area (Å²) in [5.74, 6) is 2.48. The summed E-state index contributed by atoms with van der Waals surface area (Å²) in [5.41, 5.74) is 1.13. The molecule has 0 aromatic heterocycles. The van der Waals surface area contributed by atoms with E-state index in [2.05, 4.69) is 15.6 Å². The number of nitrogens with zero attached hydrogens (tertiary/aromatic N) is 2. The third-order valence-electron chi connectivity index (χ3n) is 4.24. The number of aliphatic imine (C=N–C) groups is 1. The molecule has 8 heteroatoms. The fourth-order valence-electron chi connectivity index (χ4n) is 2.73. The van der Waals surface area contributed by atoms with Crippen molar-refractivity contribution < 1.29 is 9.90 Å². The summed E-state index contributed by atoms with van der Waals surface area (Å²) in [4.78, 5) is 18.2. The summed E-state index contributed by atoms with van der Waals surface area (Å²) in [6.07, 6.45) is 1.59. The molecule has 1 aliphatic heterocycles. The van der Waals surface area contributed by atoms with E-state index in [1.54, 1.807) is 30.8 Å². The summed E-state index contributed by atoms with van der Waals surface area (Å²) in [6.45, 7) is 3.92. The van der Waals surface area contributed by atoms with Crippen molar-refractivity contribution in [1.82, 2.24) is 15.5 Å². The molecule has 1 unspecified atom stereocenters. The van der Waals surface area contributed by atoms with Gasteiger partial charge in [0, 0.05) is 38.5 Å². The molecule has 0 radical (unpaired) electrons. The van der Waals surface area contributed by atoms with E-state index in [0.717, 1.165) is 42.4 Å². The van der Waals surface area contributed by atoms with Crippen LogP contribution >= 0.6 is 35.7 Å². The molecule has 0 spiro atoms. The van der Waals surface area contributed by atoms with Crippen molar-refractivity contribution >= 4 is 47.6 Å². The number of nitrogens with one attached hydrogen (secondary N) is 2. The topological polar surface area (TPSA) is 77.0 Å². The molecule has 2 rings (SSSR count). The quantitative estimate of drug-likeness (QED) is 0.300. The minimum absolute atomic E-state index is 0. The zero-order valence-corrected chi connectivity index (χ0v) is 19.5. The largest absolute Gasteiger partial charge is 0.387 e. The zero-order valence-electron chi connectivity index (χ0n) is 16.3. The molecule has 1 atom stereocenters. The van der Waals surface area contributed by atoms with E-state index in [-0.39, 0.29) is 29.9 Å². The normalized spacial score (nSPS) is 19.3. The Morgan fingerprint density at radius 2 is 2.15 bits per heavy atom. The van der Waals surface area contributed by atoms with Gasteiger partial charge in [0.25, 0.3) is 5.91 Å². The highest BCUT2D eigenvalue weighted by atomic mass is 127. The van der Waals surface area contributed by atoms with Crippen molar-refractivity contribution in [3.8, 4) is 0 Å². The zero-order chi connectivity index (χ0) is 19.0. The van der Waals surface area contributed by atoms with Gasteiger partial charge in [-0.25, -0.2) is 0 Å². The van der Waals surface area contributed by atoms with Gasteiger partial charge in [-0.15, -0.1) is 24.0 Å². The Labute approximate surface area is 183 Å². The van der Waals surface area contributed by atoms with Crippen LogP contribution < -0.4 is 10.6 Å². The molecule has 0 saturated carbocycles. The molecule has 1 aromatic carbocycles. The lowest BCUT2D eigenvalue weighted by atomic mass is 10.0. The van der Waals surface area contributed by atoms with Crippen molar-refractivity contribution in [2.24, 2.45) is 4.99 Å². The number of rotatable bonds is 7. The van der Waals surface area contributed by atoms with E-state index >= 15 is 0 Å². The maximum atomic E-state index is 12.1. The highest BCUT2D eigenvalue weighted by Crippen LogP contribution is 2.27. The first kappa shape index (κ1) is 24.0. The van der Waals surface area contributed by atoms with Gasteiger partial charge in [-0.3, -0.25) is 9.79 Å². The van der Waals surface area contributed by atoms with E-state index in [0.29, 0.717) is 18.7 Å². The molecule has 6 nitrogen and oxygen atoms in total. The molecule has 1 heterocycles. The summed E-state index contributed by atoms with van der Waals surface area (Å²) in [5, 5.41) is 16.9. The number of hydrogen-bond donors (Lipinski definition) is 3. The van der Waals surface area contributed by atoms with Crippen molar-refractivity contribution in [2.45, 2.75) is 25.4 Å².